The van der Waals surface area contributed by atoms with Gasteiger partial charge in [0.15, 0.2) is 0 Å². The standard InChI is InChI=1S/C14H28N2O/c1-14(2)6-5-12(8-14)16-13(9-15)11-4-3-7-17-10-11/h11-13,16H,3-10,15H2,1-2H3. The first-order chi connectivity index (χ1) is 8.11. The molecule has 1 aliphatic heterocycles. The molecule has 0 aromatic heterocycles. The molecule has 1 saturated heterocycles. The first kappa shape index (κ1) is 13.3. The zero-order chi connectivity index (χ0) is 12.3. The van der Waals surface area contributed by atoms with Crippen LogP contribution in [-0.4, -0.2) is 31.8 Å². The molecule has 3 heteroatoms. The van der Waals surface area contributed by atoms with Gasteiger partial charge in [-0.1, -0.05) is 13.8 Å². The van der Waals surface area contributed by atoms with Crippen LogP contribution in [0.1, 0.15) is 46.0 Å². The van der Waals surface area contributed by atoms with Gasteiger partial charge < -0.3 is 15.8 Å². The van der Waals surface area contributed by atoms with Gasteiger partial charge in [-0.2, -0.15) is 0 Å². The lowest BCUT2D eigenvalue weighted by atomic mass is 9.90. The zero-order valence-corrected chi connectivity index (χ0v) is 11.4. The largest absolute Gasteiger partial charge is 0.381 e. The van der Waals surface area contributed by atoms with Crippen molar-refractivity contribution in [3.8, 4) is 0 Å². The SMILES string of the molecule is CC1(C)CCC(NC(CN)C2CCCOC2)C1. The van der Waals surface area contributed by atoms with Gasteiger partial charge in [0.2, 0.25) is 0 Å². The summed E-state index contributed by atoms with van der Waals surface area (Å²) >= 11 is 0. The quantitative estimate of drug-likeness (QED) is 0.789. The number of rotatable bonds is 4. The van der Waals surface area contributed by atoms with Crippen molar-refractivity contribution in [3.05, 3.63) is 0 Å². The molecule has 2 fully saturated rings. The fourth-order valence-electron chi connectivity index (χ4n) is 3.36. The van der Waals surface area contributed by atoms with Crippen LogP contribution in [0.4, 0.5) is 0 Å². The van der Waals surface area contributed by atoms with E-state index in [4.69, 9.17) is 10.5 Å². The molecule has 3 atom stereocenters. The molecule has 2 rings (SSSR count). The Bertz CT molecular complexity index is 236. The Hall–Kier alpha value is -0.120. The molecule has 0 bridgehead atoms. The minimum Gasteiger partial charge on any atom is -0.381 e. The molecule has 1 aliphatic carbocycles. The topological polar surface area (TPSA) is 47.3 Å². The van der Waals surface area contributed by atoms with Gasteiger partial charge in [0.1, 0.15) is 0 Å². The summed E-state index contributed by atoms with van der Waals surface area (Å²) in [5.41, 5.74) is 6.45. The highest BCUT2D eigenvalue weighted by atomic mass is 16.5. The summed E-state index contributed by atoms with van der Waals surface area (Å²) in [6.45, 7) is 7.31. The Morgan fingerprint density at radius 1 is 1.41 bits per heavy atom. The van der Waals surface area contributed by atoms with Crippen molar-refractivity contribution >= 4 is 0 Å². The molecule has 3 N–H and O–H groups in total. The van der Waals surface area contributed by atoms with Crippen molar-refractivity contribution < 1.29 is 4.74 Å². The summed E-state index contributed by atoms with van der Waals surface area (Å²) in [5, 5.41) is 3.79. The van der Waals surface area contributed by atoms with E-state index in [1.165, 1.54) is 32.1 Å². The average molecular weight is 240 g/mol. The van der Waals surface area contributed by atoms with Gasteiger partial charge in [0.25, 0.3) is 0 Å². The van der Waals surface area contributed by atoms with Crippen LogP contribution in [0, 0.1) is 11.3 Å². The van der Waals surface area contributed by atoms with Crippen LogP contribution < -0.4 is 11.1 Å². The van der Waals surface area contributed by atoms with E-state index < -0.39 is 0 Å². The first-order valence-electron chi connectivity index (χ1n) is 7.14. The molecule has 0 aromatic carbocycles. The highest BCUT2D eigenvalue weighted by molar-refractivity contribution is 4.90. The number of hydrogen-bond donors (Lipinski definition) is 2. The minimum absolute atomic E-state index is 0.453. The van der Waals surface area contributed by atoms with E-state index in [1.807, 2.05) is 0 Å². The Labute approximate surface area is 105 Å². The van der Waals surface area contributed by atoms with E-state index in [0.717, 1.165) is 19.8 Å². The van der Waals surface area contributed by atoms with Crippen molar-refractivity contribution in [2.24, 2.45) is 17.1 Å². The molecule has 0 aromatic rings. The monoisotopic (exact) mass is 240 g/mol. The second-order valence-electron chi connectivity index (χ2n) is 6.59. The van der Waals surface area contributed by atoms with E-state index in [1.54, 1.807) is 0 Å². The number of hydrogen-bond acceptors (Lipinski definition) is 3. The third-order valence-electron chi connectivity index (χ3n) is 4.44. The second-order valence-corrected chi connectivity index (χ2v) is 6.59. The summed E-state index contributed by atoms with van der Waals surface area (Å²) in [6, 6.07) is 1.12. The van der Waals surface area contributed by atoms with E-state index in [-0.39, 0.29) is 0 Å². The van der Waals surface area contributed by atoms with Crippen molar-refractivity contribution in [2.75, 3.05) is 19.8 Å². The lowest BCUT2D eigenvalue weighted by Crippen LogP contribution is -2.48. The molecule has 100 valence electrons. The molecule has 1 saturated carbocycles. The van der Waals surface area contributed by atoms with Crippen molar-refractivity contribution in [2.45, 2.75) is 58.0 Å². The molecule has 17 heavy (non-hydrogen) atoms. The van der Waals surface area contributed by atoms with Gasteiger partial charge in [-0.15, -0.1) is 0 Å². The second kappa shape index (κ2) is 5.68. The summed E-state index contributed by atoms with van der Waals surface area (Å²) < 4.78 is 5.57. The molecule has 0 radical (unpaired) electrons. The molecule has 3 unspecified atom stereocenters. The Kier molecular flexibility index (Phi) is 4.45. The van der Waals surface area contributed by atoms with Crippen LogP contribution in [0.15, 0.2) is 0 Å². The van der Waals surface area contributed by atoms with Gasteiger partial charge >= 0.3 is 0 Å². The summed E-state index contributed by atoms with van der Waals surface area (Å²) in [7, 11) is 0. The molecular weight excluding hydrogens is 212 g/mol. The van der Waals surface area contributed by atoms with Crippen molar-refractivity contribution in [1.29, 1.82) is 0 Å². The normalized spacial score (nSPS) is 34.8. The van der Waals surface area contributed by atoms with E-state index in [0.29, 0.717) is 23.4 Å². The fourth-order valence-corrected chi connectivity index (χ4v) is 3.36. The third kappa shape index (κ3) is 3.67. The number of nitrogens with one attached hydrogen (secondary N) is 1. The van der Waals surface area contributed by atoms with Crippen LogP contribution >= 0.6 is 0 Å². The Balaban J connectivity index is 1.82. The van der Waals surface area contributed by atoms with Gasteiger partial charge in [0, 0.05) is 25.2 Å². The van der Waals surface area contributed by atoms with Crippen LogP contribution in [0.2, 0.25) is 0 Å². The van der Waals surface area contributed by atoms with Crippen LogP contribution in [-0.2, 0) is 4.74 Å². The average Bonchev–Trinajstić information content (AvgIpc) is 2.67. The van der Waals surface area contributed by atoms with Gasteiger partial charge in [-0.3, -0.25) is 0 Å². The lowest BCUT2D eigenvalue weighted by Gasteiger charge is -2.32. The smallest absolute Gasteiger partial charge is 0.0509 e. The lowest BCUT2D eigenvalue weighted by molar-refractivity contribution is 0.0386. The van der Waals surface area contributed by atoms with Crippen molar-refractivity contribution in [1.82, 2.24) is 5.32 Å². The van der Waals surface area contributed by atoms with Crippen molar-refractivity contribution in [3.63, 3.8) is 0 Å². The number of ether oxygens (including phenoxy) is 1. The zero-order valence-electron chi connectivity index (χ0n) is 11.4. The predicted octanol–water partition coefficient (Wildman–Crippen LogP) is 1.91. The molecule has 2 aliphatic rings. The van der Waals surface area contributed by atoms with E-state index in [9.17, 15) is 0 Å². The number of nitrogens with two attached hydrogens (primary N) is 1. The summed E-state index contributed by atoms with van der Waals surface area (Å²) in [5.74, 6) is 0.623. The molecule has 1 heterocycles. The van der Waals surface area contributed by atoms with Crippen LogP contribution in [0.3, 0.4) is 0 Å². The predicted molar refractivity (Wildman–Crippen MR) is 70.9 cm³/mol. The van der Waals surface area contributed by atoms with Crippen LogP contribution in [0.25, 0.3) is 0 Å². The molecular formula is C14H28N2O. The van der Waals surface area contributed by atoms with Gasteiger partial charge in [-0.05, 0) is 43.4 Å². The van der Waals surface area contributed by atoms with E-state index in [2.05, 4.69) is 19.2 Å². The third-order valence-corrected chi connectivity index (χ3v) is 4.44. The van der Waals surface area contributed by atoms with Crippen LogP contribution in [0.5, 0.6) is 0 Å². The van der Waals surface area contributed by atoms with Gasteiger partial charge in [-0.25, -0.2) is 0 Å². The highest BCUT2D eigenvalue weighted by Crippen LogP contribution is 2.37. The van der Waals surface area contributed by atoms with Gasteiger partial charge in [0.05, 0.1) is 6.61 Å². The summed E-state index contributed by atoms with van der Waals surface area (Å²) in [6.07, 6.45) is 6.39. The Morgan fingerprint density at radius 3 is 2.76 bits per heavy atom. The molecule has 0 amide bonds. The first-order valence-corrected chi connectivity index (χ1v) is 7.14. The highest BCUT2D eigenvalue weighted by Gasteiger charge is 2.33. The molecule has 0 spiro atoms. The van der Waals surface area contributed by atoms with E-state index >= 15 is 0 Å². The molecule has 3 nitrogen and oxygen atoms in total. The Morgan fingerprint density at radius 2 is 2.24 bits per heavy atom. The fraction of sp³-hybridized carbons (Fsp3) is 1.00. The minimum atomic E-state index is 0.453. The summed E-state index contributed by atoms with van der Waals surface area (Å²) in [4.78, 5) is 0. The maximum atomic E-state index is 5.93. The maximum Gasteiger partial charge on any atom is 0.0509 e. The maximum absolute atomic E-state index is 5.93.